The molecule has 2 amide bonds. The first kappa shape index (κ1) is 15.6. The van der Waals surface area contributed by atoms with Crippen molar-refractivity contribution in [2.75, 3.05) is 20.2 Å². The number of nitrogens with one attached hydrogen (secondary N) is 1. The van der Waals surface area contributed by atoms with Crippen LogP contribution in [0.2, 0.25) is 0 Å². The predicted octanol–water partition coefficient (Wildman–Crippen LogP) is 1.70. The average Bonchev–Trinajstić information content (AvgIpc) is 3.08. The third kappa shape index (κ3) is 2.57. The van der Waals surface area contributed by atoms with E-state index < -0.39 is 11.4 Å². The molecule has 3 rings (SSSR count). The largest absolute Gasteiger partial charge is 0.481 e. The standard InChI is InChI=1S/C16H26N2O4/c1-10(13(22-2)11-5-6-11)17-15(21)18-8-12-4-3-7-16(12,9-18)14(19)20/h10-13H,3-9H2,1-2H3,(H,17,21)(H,19,20)/t10?,12-,13?,16+/m0/s1. The molecule has 2 N–H and O–H groups in total. The molecule has 0 aromatic rings. The number of urea groups is 1. The van der Waals surface area contributed by atoms with E-state index in [2.05, 4.69) is 5.32 Å². The van der Waals surface area contributed by atoms with E-state index in [-0.39, 0.29) is 24.1 Å². The van der Waals surface area contributed by atoms with Gasteiger partial charge in [0.2, 0.25) is 0 Å². The van der Waals surface area contributed by atoms with Gasteiger partial charge in [-0.25, -0.2) is 4.79 Å². The maximum absolute atomic E-state index is 12.5. The minimum Gasteiger partial charge on any atom is -0.481 e. The highest BCUT2D eigenvalue weighted by molar-refractivity contribution is 5.80. The molecule has 0 aromatic carbocycles. The Morgan fingerprint density at radius 2 is 2.09 bits per heavy atom. The van der Waals surface area contributed by atoms with Crippen molar-refractivity contribution in [1.82, 2.24) is 10.2 Å². The maximum Gasteiger partial charge on any atom is 0.317 e. The zero-order chi connectivity index (χ0) is 15.9. The van der Waals surface area contributed by atoms with Gasteiger partial charge in [-0.15, -0.1) is 0 Å². The number of likely N-dealkylation sites (tertiary alicyclic amines) is 1. The normalized spacial score (nSPS) is 33.4. The Hall–Kier alpha value is -1.30. The van der Waals surface area contributed by atoms with Crippen molar-refractivity contribution >= 4 is 12.0 Å². The second-order valence-corrected chi connectivity index (χ2v) is 7.21. The number of methoxy groups -OCH3 is 1. The SMILES string of the molecule is COC(C1CC1)C(C)NC(=O)N1C[C@@H]2CCC[C@@]2(C(=O)O)C1. The minimum atomic E-state index is -0.744. The van der Waals surface area contributed by atoms with E-state index in [1.165, 1.54) is 0 Å². The molecule has 4 atom stereocenters. The summed E-state index contributed by atoms with van der Waals surface area (Å²) in [5.41, 5.74) is -0.711. The number of carbonyl (C=O) groups excluding carboxylic acids is 1. The molecular weight excluding hydrogens is 284 g/mol. The monoisotopic (exact) mass is 310 g/mol. The van der Waals surface area contributed by atoms with Gasteiger partial charge in [0.25, 0.3) is 0 Å². The molecule has 124 valence electrons. The van der Waals surface area contributed by atoms with Crippen molar-refractivity contribution in [3.63, 3.8) is 0 Å². The molecule has 2 saturated carbocycles. The highest BCUT2D eigenvalue weighted by Crippen LogP contribution is 2.48. The lowest BCUT2D eigenvalue weighted by atomic mass is 9.81. The zero-order valence-electron chi connectivity index (χ0n) is 13.4. The summed E-state index contributed by atoms with van der Waals surface area (Å²) in [6.45, 7) is 2.87. The molecule has 6 heteroatoms. The molecule has 3 aliphatic rings. The van der Waals surface area contributed by atoms with Crippen LogP contribution in [0.1, 0.15) is 39.0 Å². The molecule has 0 aromatic heterocycles. The molecule has 0 spiro atoms. The molecule has 1 saturated heterocycles. The van der Waals surface area contributed by atoms with Crippen LogP contribution in [0.15, 0.2) is 0 Å². The summed E-state index contributed by atoms with van der Waals surface area (Å²) in [5.74, 6) is -0.0950. The Bertz CT molecular complexity index is 465. The van der Waals surface area contributed by atoms with Crippen molar-refractivity contribution in [3.8, 4) is 0 Å². The first-order valence-electron chi connectivity index (χ1n) is 8.29. The number of amides is 2. The van der Waals surface area contributed by atoms with E-state index in [9.17, 15) is 14.7 Å². The van der Waals surface area contributed by atoms with Crippen molar-refractivity contribution in [3.05, 3.63) is 0 Å². The highest BCUT2D eigenvalue weighted by atomic mass is 16.5. The fraction of sp³-hybridized carbons (Fsp3) is 0.875. The van der Waals surface area contributed by atoms with E-state index >= 15 is 0 Å². The lowest BCUT2D eigenvalue weighted by Gasteiger charge is -2.27. The van der Waals surface area contributed by atoms with Crippen LogP contribution in [0.3, 0.4) is 0 Å². The second kappa shape index (κ2) is 5.72. The van der Waals surface area contributed by atoms with Gasteiger partial charge < -0.3 is 20.1 Å². The van der Waals surface area contributed by atoms with E-state index in [0.717, 1.165) is 25.7 Å². The lowest BCUT2D eigenvalue weighted by Crippen LogP contribution is -2.49. The van der Waals surface area contributed by atoms with Gasteiger partial charge in [-0.2, -0.15) is 0 Å². The summed E-state index contributed by atoms with van der Waals surface area (Å²) in [6.07, 6.45) is 4.93. The van der Waals surface area contributed by atoms with Crippen LogP contribution in [-0.2, 0) is 9.53 Å². The molecule has 0 radical (unpaired) electrons. The van der Waals surface area contributed by atoms with Crippen LogP contribution in [0.4, 0.5) is 4.79 Å². The van der Waals surface area contributed by atoms with E-state index in [1.807, 2.05) is 6.92 Å². The number of aliphatic carboxylic acids is 1. The van der Waals surface area contributed by atoms with Crippen LogP contribution in [0.25, 0.3) is 0 Å². The van der Waals surface area contributed by atoms with E-state index in [4.69, 9.17) is 4.74 Å². The molecule has 22 heavy (non-hydrogen) atoms. The molecule has 2 aliphatic carbocycles. The molecule has 0 bridgehead atoms. The molecule has 1 heterocycles. The quantitative estimate of drug-likeness (QED) is 0.810. The Balaban J connectivity index is 1.60. The Kier molecular flexibility index (Phi) is 4.05. The number of carboxylic acids is 1. The van der Waals surface area contributed by atoms with Crippen LogP contribution < -0.4 is 5.32 Å². The first-order chi connectivity index (χ1) is 10.5. The summed E-state index contributed by atoms with van der Waals surface area (Å²) >= 11 is 0. The van der Waals surface area contributed by atoms with Crippen LogP contribution in [0.5, 0.6) is 0 Å². The number of fused-ring (bicyclic) bond motifs is 1. The maximum atomic E-state index is 12.5. The number of carboxylic acid groups (broad SMARTS) is 1. The van der Waals surface area contributed by atoms with Crippen LogP contribution in [-0.4, -0.2) is 54.4 Å². The molecule has 6 nitrogen and oxygen atoms in total. The summed E-state index contributed by atoms with van der Waals surface area (Å²) in [6, 6.07) is -0.198. The Morgan fingerprint density at radius 3 is 2.64 bits per heavy atom. The number of hydrogen-bond donors (Lipinski definition) is 2. The second-order valence-electron chi connectivity index (χ2n) is 7.21. The van der Waals surface area contributed by atoms with E-state index in [1.54, 1.807) is 12.0 Å². The Morgan fingerprint density at radius 1 is 1.36 bits per heavy atom. The third-order valence-electron chi connectivity index (χ3n) is 5.79. The van der Waals surface area contributed by atoms with Crippen LogP contribution in [0, 0.1) is 17.3 Å². The van der Waals surface area contributed by atoms with Gasteiger partial charge in [-0.05, 0) is 44.4 Å². The van der Waals surface area contributed by atoms with Gasteiger partial charge in [0.05, 0.1) is 17.6 Å². The summed E-state index contributed by atoms with van der Waals surface area (Å²) in [5, 5.41) is 12.6. The number of nitrogens with zero attached hydrogens (tertiary/aromatic N) is 1. The van der Waals surface area contributed by atoms with Crippen molar-refractivity contribution in [2.24, 2.45) is 17.3 Å². The van der Waals surface area contributed by atoms with Crippen molar-refractivity contribution in [1.29, 1.82) is 0 Å². The molecule has 2 unspecified atom stereocenters. The lowest BCUT2D eigenvalue weighted by molar-refractivity contribution is -0.149. The molecule has 3 fully saturated rings. The van der Waals surface area contributed by atoms with Gasteiger partial charge in [-0.3, -0.25) is 4.79 Å². The topological polar surface area (TPSA) is 78.9 Å². The number of carbonyl (C=O) groups is 2. The first-order valence-corrected chi connectivity index (χ1v) is 8.29. The Labute approximate surface area is 131 Å². The van der Waals surface area contributed by atoms with Gasteiger partial charge in [0.1, 0.15) is 0 Å². The molecular formula is C16H26N2O4. The summed E-state index contributed by atoms with van der Waals surface area (Å²) < 4.78 is 5.50. The van der Waals surface area contributed by atoms with E-state index in [0.29, 0.717) is 25.4 Å². The fourth-order valence-corrected chi connectivity index (χ4v) is 4.39. The number of hydrogen-bond acceptors (Lipinski definition) is 3. The van der Waals surface area contributed by atoms with Gasteiger partial charge >= 0.3 is 12.0 Å². The van der Waals surface area contributed by atoms with Gasteiger partial charge in [0, 0.05) is 20.2 Å². The fourth-order valence-electron chi connectivity index (χ4n) is 4.39. The molecule has 1 aliphatic heterocycles. The average molecular weight is 310 g/mol. The van der Waals surface area contributed by atoms with Crippen molar-refractivity contribution in [2.45, 2.75) is 51.2 Å². The summed E-state index contributed by atoms with van der Waals surface area (Å²) in [7, 11) is 1.69. The third-order valence-corrected chi connectivity index (χ3v) is 5.79. The van der Waals surface area contributed by atoms with Gasteiger partial charge in [-0.1, -0.05) is 6.42 Å². The van der Waals surface area contributed by atoms with Gasteiger partial charge in [0.15, 0.2) is 0 Å². The van der Waals surface area contributed by atoms with Crippen molar-refractivity contribution < 1.29 is 19.4 Å². The van der Waals surface area contributed by atoms with Crippen LogP contribution >= 0.6 is 0 Å². The number of rotatable bonds is 5. The highest BCUT2D eigenvalue weighted by Gasteiger charge is 2.56. The minimum absolute atomic E-state index is 0.0498. The smallest absolute Gasteiger partial charge is 0.317 e. The number of ether oxygens (including phenoxy) is 1. The predicted molar refractivity (Wildman–Crippen MR) is 80.5 cm³/mol. The summed E-state index contributed by atoms with van der Waals surface area (Å²) in [4.78, 5) is 25.8. The zero-order valence-corrected chi connectivity index (χ0v) is 13.4.